The topological polar surface area (TPSA) is 58.6 Å². The van der Waals surface area contributed by atoms with Crippen molar-refractivity contribution < 1.29 is 14.6 Å². The summed E-state index contributed by atoms with van der Waals surface area (Å²) in [7, 11) is 0. The quantitative estimate of drug-likeness (QED) is 0.831. The molecule has 0 atom stereocenters. The van der Waals surface area contributed by atoms with Crippen molar-refractivity contribution in [1.82, 2.24) is 0 Å². The lowest BCUT2D eigenvalue weighted by Crippen LogP contribution is -2.17. The summed E-state index contributed by atoms with van der Waals surface area (Å²) in [5, 5.41) is 11.4. The van der Waals surface area contributed by atoms with Gasteiger partial charge in [0.15, 0.2) is 0 Å². The third-order valence-corrected chi connectivity index (χ3v) is 2.42. The number of aliphatic hydroxyl groups excluding tert-OH is 1. The third-order valence-electron chi connectivity index (χ3n) is 2.42. The molecule has 0 saturated carbocycles. The molecular formula is C16H21NO3. The van der Waals surface area contributed by atoms with Gasteiger partial charge in [0.2, 0.25) is 0 Å². The van der Waals surface area contributed by atoms with Crippen LogP contribution in [0.5, 0.6) is 0 Å². The molecule has 0 aliphatic heterocycles. The first kappa shape index (κ1) is 16.1. The smallest absolute Gasteiger partial charge is 0.411 e. The number of rotatable bonds is 4. The van der Waals surface area contributed by atoms with E-state index in [1.54, 1.807) is 0 Å². The molecule has 0 unspecified atom stereocenters. The Morgan fingerprint density at radius 2 is 2.20 bits per heavy atom. The van der Waals surface area contributed by atoms with Crippen LogP contribution in [0.25, 0.3) is 0 Å². The van der Waals surface area contributed by atoms with Gasteiger partial charge in [-0.2, -0.15) is 0 Å². The molecule has 1 rings (SSSR count). The Kier molecular flexibility index (Phi) is 6.61. The lowest BCUT2D eigenvalue weighted by atomic mass is 10.1. The number of carbonyl (C=O) groups excluding carboxylic acids is 1. The van der Waals surface area contributed by atoms with Crippen LogP contribution in [0.2, 0.25) is 0 Å². The first-order valence-electron chi connectivity index (χ1n) is 6.67. The Labute approximate surface area is 120 Å². The zero-order valence-corrected chi connectivity index (χ0v) is 12.2. The highest BCUT2D eigenvalue weighted by atomic mass is 16.5. The second-order valence-electron chi connectivity index (χ2n) is 4.94. The molecule has 2 N–H and O–H groups in total. The lowest BCUT2D eigenvalue weighted by molar-refractivity contribution is 0.147. The van der Waals surface area contributed by atoms with Crippen molar-refractivity contribution in [2.45, 2.75) is 27.2 Å². The molecule has 0 radical (unpaired) electrons. The summed E-state index contributed by atoms with van der Waals surface area (Å²) in [5.74, 6) is 6.07. The number of hydrogen-bond acceptors (Lipinski definition) is 3. The van der Waals surface area contributed by atoms with Crippen LogP contribution in [0.4, 0.5) is 10.5 Å². The van der Waals surface area contributed by atoms with Crippen molar-refractivity contribution >= 4 is 11.8 Å². The van der Waals surface area contributed by atoms with Gasteiger partial charge in [-0.25, -0.2) is 4.79 Å². The van der Waals surface area contributed by atoms with Gasteiger partial charge in [-0.05, 0) is 30.5 Å². The van der Waals surface area contributed by atoms with Crippen LogP contribution in [0.15, 0.2) is 18.2 Å². The summed E-state index contributed by atoms with van der Waals surface area (Å²) < 4.78 is 5.09. The highest BCUT2D eigenvalue weighted by Crippen LogP contribution is 2.17. The Bertz CT molecular complexity index is 512. The van der Waals surface area contributed by atoms with Crippen LogP contribution in [0.1, 0.15) is 31.4 Å². The zero-order valence-electron chi connectivity index (χ0n) is 12.2. The minimum absolute atomic E-state index is 0.0258. The summed E-state index contributed by atoms with van der Waals surface area (Å²) >= 11 is 0. The van der Waals surface area contributed by atoms with E-state index >= 15 is 0 Å². The molecule has 0 aromatic heterocycles. The maximum Gasteiger partial charge on any atom is 0.411 e. The Morgan fingerprint density at radius 1 is 1.45 bits per heavy atom. The monoisotopic (exact) mass is 275 g/mol. The number of anilines is 1. The largest absolute Gasteiger partial charge is 0.449 e. The van der Waals surface area contributed by atoms with Crippen LogP contribution in [-0.4, -0.2) is 24.4 Å². The standard InChI is InChI=1S/C16H21NO3/c1-12(2)11-20-16(19)17-15-10-13(3)7-8-14(15)6-4-5-9-18/h7-8,10,12,18H,5,9,11H2,1-3H3,(H,17,19). The van der Waals surface area contributed by atoms with Gasteiger partial charge in [0.1, 0.15) is 0 Å². The van der Waals surface area contributed by atoms with Crippen molar-refractivity contribution in [2.75, 3.05) is 18.5 Å². The molecule has 1 aromatic carbocycles. The molecule has 0 spiro atoms. The second kappa shape index (κ2) is 8.23. The number of ether oxygens (including phenoxy) is 1. The molecule has 0 aliphatic rings. The van der Waals surface area contributed by atoms with Crippen molar-refractivity contribution in [2.24, 2.45) is 5.92 Å². The van der Waals surface area contributed by atoms with Crippen LogP contribution < -0.4 is 5.32 Å². The molecule has 108 valence electrons. The Morgan fingerprint density at radius 3 is 2.85 bits per heavy atom. The average Bonchev–Trinajstić information content (AvgIpc) is 2.39. The van der Waals surface area contributed by atoms with Gasteiger partial charge in [-0.3, -0.25) is 5.32 Å². The fourth-order valence-electron chi connectivity index (χ4n) is 1.47. The van der Waals surface area contributed by atoms with Crippen molar-refractivity contribution in [3.63, 3.8) is 0 Å². The molecule has 1 aromatic rings. The van der Waals surface area contributed by atoms with E-state index in [0.717, 1.165) is 5.56 Å². The number of carbonyl (C=O) groups is 1. The first-order chi connectivity index (χ1) is 9.52. The van der Waals surface area contributed by atoms with Crippen molar-refractivity contribution in [3.05, 3.63) is 29.3 Å². The van der Waals surface area contributed by atoms with E-state index < -0.39 is 6.09 Å². The highest BCUT2D eigenvalue weighted by Gasteiger charge is 2.07. The molecule has 0 bridgehead atoms. The third kappa shape index (κ3) is 5.77. The summed E-state index contributed by atoms with van der Waals surface area (Å²) in [6.45, 7) is 6.30. The number of aliphatic hydroxyl groups is 1. The first-order valence-corrected chi connectivity index (χ1v) is 6.67. The number of hydrogen-bond donors (Lipinski definition) is 2. The molecule has 0 saturated heterocycles. The summed E-state index contributed by atoms with van der Waals surface area (Å²) in [5.41, 5.74) is 2.37. The van der Waals surface area contributed by atoms with E-state index in [4.69, 9.17) is 9.84 Å². The fourth-order valence-corrected chi connectivity index (χ4v) is 1.47. The van der Waals surface area contributed by atoms with Gasteiger partial charge in [-0.1, -0.05) is 31.8 Å². The number of nitrogens with one attached hydrogen (secondary N) is 1. The summed E-state index contributed by atoms with van der Waals surface area (Å²) in [6.07, 6.45) is -0.0695. The minimum atomic E-state index is -0.477. The van der Waals surface area contributed by atoms with Gasteiger partial charge < -0.3 is 9.84 Å². The van der Waals surface area contributed by atoms with E-state index in [1.807, 2.05) is 39.0 Å². The molecule has 0 fully saturated rings. The maximum atomic E-state index is 11.7. The summed E-state index contributed by atoms with van der Waals surface area (Å²) in [6, 6.07) is 5.62. The number of amides is 1. The number of aryl methyl sites for hydroxylation is 1. The predicted octanol–water partition coefficient (Wildman–Crippen LogP) is 2.93. The van der Waals surface area contributed by atoms with Crippen LogP contribution >= 0.6 is 0 Å². The van der Waals surface area contributed by atoms with E-state index in [-0.39, 0.29) is 6.61 Å². The predicted molar refractivity (Wildman–Crippen MR) is 79.6 cm³/mol. The van der Waals surface area contributed by atoms with Gasteiger partial charge in [-0.15, -0.1) is 0 Å². The normalized spacial score (nSPS) is 9.85. The Hall–Kier alpha value is -1.99. The van der Waals surface area contributed by atoms with E-state index in [9.17, 15) is 4.79 Å². The summed E-state index contributed by atoms with van der Waals surface area (Å²) in [4.78, 5) is 11.7. The van der Waals surface area contributed by atoms with Gasteiger partial charge in [0.25, 0.3) is 0 Å². The number of benzene rings is 1. The maximum absolute atomic E-state index is 11.7. The second-order valence-corrected chi connectivity index (χ2v) is 4.94. The van der Waals surface area contributed by atoms with Crippen molar-refractivity contribution in [1.29, 1.82) is 0 Å². The molecule has 0 aliphatic carbocycles. The molecule has 20 heavy (non-hydrogen) atoms. The van der Waals surface area contributed by atoms with E-state index in [1.165, 1.54) is 0 Å². The van der Waals surface area contributed by atoms with E-state index in [0.29, 0.717) is 30.2 Å². The zero-order chi connectivity index (χ0) is 15.0. The highest BCUT2D eigenvalue weighted by molar-refractivity contribution is 5.86. The molecule has 4 heteroatoms. The average molecular weight is 275 g/mol. The SMILES string of the molecule is Cc1ccc(C#CCCO)c(NC(=O)OCC(C)C)c1. The van der Waals surface area contributed by atoms with Gasteiger partial charge in [0.05, 0.1) is 18.9 Å². The lowest BCUT2D eigenvalue weighted by Gasteiger charge is -2.10. The van der Waals surface area contributed by atoms with Gasteiger partial charge >= 0.3 is 6.09 Å². The van der Waals surface area contributed by atoms with Crippen LogP contribution in [0.3, 0.4) is 0 Å². The molecule has 0 heterocycles. The molecule has 4 nitrogen and oxygen atoms in total. The molecule has 1 amide bonds. The van der Waals surface area contributed by atoms with E-state index in [2.05, 4.69) is 17.2 Å². The fraction of sp³-hybridized carbons (Fsp3) is 0.438. The molecular weight excluding hydrogens is 254 g/mol. The Balaban J connectivity index is 2.79. The minimum Gasteiger partial charge on any atom is -0.449 e. The van der Waals surface area contributed by atoms with Gasteiger partial charge in [0, 0.05) is 12.0 Å². The van der Waals surface area contributed by atoms with Crippen LogP contribution in [-0.2, 0) is 4.74 Å². The van der Waals surface area contributed by atoms with Crippen molar-refractivity contribution in [3.8, 4) is 11.8 Å². The van der Waals surface area contributed by atoms with Crippen LogP contribution in [0, 0.1) is 24.7 Å².